The van der Waals surface area contributed by atoms with Gasteiger partial charge in [-0.05, 0) is 16.6 Å². The molecule has 0 N–H and O–H groups in total. The molecule has 0 saturated heterocycles. The third-order valence-electron chi connectivity index (χ3n) is 1.41. The first-order chi connectivity index (χ1) is 5.84. The lowest BCUT2D eigenvalue weighted by Crippen LogP contribution is -2.38. The van der Waals surface area contributed by atoms with Crippen LogP contribution >= 0.6 is 27.5 Å². The molecule has 1 aromatic rings. The molecular formula is C6H2BBrClF4-. The average Bonchev–Trinajstić information content (AvgIpc) is 1.95. The van der Waals surface area contributed by atoms with Crippen molar-refractivity contribution in [3.8, 4) is 0 Å². The number of hydrogen-bond acceptors (Lipinski definition) is 0. The molecule has 1 rings (SSSR count). The molecule has 7 heteroatoms. The van der Waals surface area contributed by atoms with Crippen molar-refractivity contribution in [1.82, 2.24) is 0 Å². The van der Waals surface area contributed by atoms with Crippen LogP contribution in [0.5, 0.6) is 0 Å². The zero-order chi connectivity index (χ0) is 10.2. The highest BCUT2D eigenvalue weighted by molar-refractivity contribution is 9.10. The van der Waals surface area contributed by atoms with E-state index in [0.29, 0.717) is 0 Å². The molecule has 0 spiro atoms. The molecule has 0 saturated carbocycles. The summed E-state index contributed by atoms with van der Waals surface area (Å²) in [5, 5.41) is -0.530. The Kier molecular flexibility index (Phi) is 2.92. The zero-order valence-electron chi connectivity index (χ0n) is 6.00. The summed E-state index contributed by atoms with van der Waals surface area (Å²) in [7, 11) is 0. The zero-order valence-corrected chi connectivity index (χ0v) is 8.34. The first-order valence-electron chi connectivity index (χ1n) is 3.17. The third-order valence-corrected chi connectivity index (χ3v) is 2.39. The van der Waals surface area contributed by atoms with Gasteiger partial charge in [-0.2, -0.15) is 0 Å². The molecule has 1 aromatic carbocycles. The van der Waals surface area contributed by atoms with Crippen LogP contribution in [0.2, 0.25) is 5.02 Å². The highest BCUT2D eigenvalue weighted by Gasteiger charge is 2.32. The van der Waals surface area contributed by atoms with Crippen molar-refractivity contribution in [3.05, 3.63) is 27.4 Å². The lowest BCUT2D eigenvalue weighted by molar-refractivity contribution is 0.493. The summed E-state index contributed by atoms with van der Waals surface area (Å²) in [6, 6.07) is 2.13. The molecule has 0 nitrogen and oxygen atoms in total. The SMILES string of the molecule is Fc1c(Cl)ccc(Br)c1[B-](F)(F)F. The van der Waals surface area contributed by atoms with Crippen molar-refractivity contribution in [2.75, 3.05) is 0 Å². The van der Waals surface area contributed by atoms with Gasteiger partial charge in [-0.25, -0.2) is 4.39 Å². The van der Waals surface area contributed by atoms with E-state index >= 15 is 0 Å². The van der Waals surface area contributed by atoms with Crippen molar-refractivity contribution >= 4 is 40.0 Å². The van der Waals surface area contributed by atoms with Gasteiger partial charge in [-0.1, -0.05) is 33.0 Å². The second kappa shape index (κ2) is 3.50. The highest BCUT2D eigenvalue weighted by Crippen LogP contribution is 2.23. The van der Waals surface area contributed by atoms with Gasteiger partial charge < -0.3 is 12.9 Å². The fraction of sp³-hybridized carbons (Fsp3) is 0. The minimum Gasteiger partial charge on any atom is -0.445 e. The summed E-state index contributed by atoms with van der Waals surface area (Å²) < 4.78 is 49.2. The van der Waals surface area contributed by atoms with Gasteiger partial charge in [0.1, 0.15) is 5.82 Å². The number of halogens is 6. The Morgan fingerprint density at radius 2 is 1.77 bits per heavy atom. The summed E-state index contributed by atoms with van der Waals surface area (Å²) in [5.41, 5.74) is -1.31. The van der Waals surface area contributed by atoms with Crippen molar-refractivity contribution in [2.45, 2.75) is 0 Å². The Bertz CT molecular complexity index is 338. The van der Waals surface area contributed by atoms with Crippen molar-refractivity contribution in [2.24, 2.45) is 0 Å². The minimum absolute atomic E-state index is 0.332. The Morgan fingerprint density at radius 1 is 1.23 bits per heavy atom. The summed E-state index contributed by atoms with van der Waals surface area (Å²) >= 11 is 7.82. The Morgan fingerprint density at radius 3 is 2.15 bits per heavy atom. The van der Waals surface area contributed by atoms with E-state index in [9.17, 15) is 17.3 Å². The molecular weight excluding hydrogens is 274 g/mol. The number of benzene rings is 1. The van der Waals surface area contributed by atoms with Crippen molar-refractivity contribution in [1.29, 1.82) is 0 Å². The summed E-state index contributed by atoms with van der Waals surface area (Å²) in [4.78, 5) is 0. The van der Waals surface area contributed by atoms with E-state index in [2.05, 4.69) is 15.9 Å². The van der Waals surface area contributed by atoms with Crippen molar-refractivity contribution < 1.29 is 17.3 Å². The third kappa shape index (κ3) is 2.17. The topological polar surface area (TPSA) is 0 Å². The molecule has 0 aliphatic heterocycles. The van der Waals surface area contributed by atoms with Crippen LogP contribution in [0.1, 0.15) is 0 Å². The van der Waals surface area contributed by atoms with Crippen LogP contribution in [0, 0.1) is 5.82 Å². The number of rotatable bonds is 1. The van der Waals surface area contributed by atoms with Gasteiger partial charge in [-0.3, -0.25) is 0 Å². The van der Waals surface area contributed by atoms with E-state index in [1.54, 1.807) is 0 Å². The lowest BCUT2D eigenvalue weighted by atomic mass is 9.80. The van der Waals surface area contributed by atoms with E-state index in [0.717, 1.165) is 12.1 Å². The van der Waals surface area contributed by atoms with Gasteiger partial charge in [0.15, 0.2) is 0 Å². The molecule has 0 bridgehead atoms. The van der Waals surface area contributed by atoms with E-state index in [4.69, 9.17) is 11.6 Å². The van der Waals surface area contributed by atoms with Gasteiger partial charge in [0, 0.05) is 0 Å². The summed E-state index contributed by atoms with van der Waals surface area (Å²) in [6.07, 6.45) is 0. The molecule has 0 amide bonds. The first-order valence-corrected chi connectivity index (χ1v) is 4.34. The maximum atomic E-state index is 12.9. The minimum atomic E-state index is -5.38. The van der Waals surface area contributed by atoms with Crippen LogP contribution in [0.3, 0.4) is 0 Å². The highest BCUT2D eigenvalue weighted by atomic mass is 79.9. The van der Waals surface area contributed by atoms with Crippen LogP contribution in [-0.2, 0) is 0 Å². The smallest absolute Gasteiger partial charge is 0.445 e. The molecule has 72 valence electrons. The quantitative estimate of drug-likeness (QED) is 0.419. The maximum absolute atomic E-state index is 12.9. The van der Waals surface area contributed by atoms with Gasteiger partial charge in [0.05, 0.1) is 5.02 Å². The lowest BCUT2D eigenvalue weighted by Gasteiger charge is -2.18. The fourth-order valence-electron chi connectivity index (χ4n) is 0.843. The molecule has 0 unspecified atom stereocenters. The van der Waals surface area contributed by atoms with Gasteiger partial charge in [0.25, 0.3) is 0 Å². The van der Waals surface area contributed by atoms with E-state index in [1.165, 1.54) is 0 Å². The normalized spacial score (nSPS) is 11.8. The van der Waals surface area contributed by atoms with Gasteiger partial charge >= 0.3 is 6.98 Å². The second-order valence-corrected chi connectivity index (χ2v) is 3.59. The van der Waals surface area contributed by atoms with E-state index in [1.807, 2.05) is 0 Å². The largest absolute Gasteiger partial charge is 0.513 e. The standard InChI is InChI=1S/C6H2BBrClF4/c8-3-1-2-4(9)6(10)5(3)7(11,12)13/h1-2H/q-1. The predicted octanol–water partition coefficient (Wildman–Crippen LogP) is 3.30. The molecule has 0 fully saturated rings. The van der Waals surface area contributed by atoms with Crippen LogP contribution < -0.4 is 5.46 Å². The monoisotopic (exact) mass is 275 g/mol. The molecule has 0 aromatic heterocycles. The van der Waals surface area contributed by atoms with Gasteiger partial charge in [-0.15, -0.1) is 0 Å². The second-order valence-electron chi connectivity index (χ2n) is 2.33. The average molecular weight is 276 g/mol. The van der Waals surface area contributed by atoms with Crippen molar-refractivity contribution in [3.63, 3.8) is 0 Å². The van der Waals surface area contributed by atoms with Gasteiger partial charge in [0.2, 0.25) is 0 Å². The van der Waals surface area contributed by atoms with E-state index in [-0.39, 0.29) is 4.47 Å². The molecule has 13 heavy (non-hydrogen) atoms. The molecule has 0 atom stereocenters. The Labute approximate surface area is 85.1 Å². The molecule has 0 aliphatic rings. The number of hydrogen-bond donors (Lipinski definition) is 0. The Balaban J connectivity index is 3.43. The maximum Gasteiger partial charge on any atom is 0.513 e. The fourth-order valence-corrected chi connectivity index (χ4v) is 1.57. The summed E-state index contributed by atoms with van der Waals surface area (Å²) in [6.45, 7) is -5.38. The van der Waals surface area contributed by atoms with Crippen LogP contribution in [0.25, 0.3) is 0 Å². The summed E-state index contributed by atoms with van der Waals surface area (Å²) in [5.74, 6) is -1.43. The van der Waals surface area contributed by atoms with Crippen LogP contribution in [-0.4, -0.2) is 6.98 Å². The molecule has 0 heterocycles. The first kappa shape index (κ1) is 10.9. The Hall–Kier alpha value is -0.225. The molecule has 0 radical (unpaired) electrons. The van der Waals surface area contributed by atoms with E-state index < -0.39 is 23.3 Å². The molecule has 0 aliphatic carbocycles. The predicted molar refractivity (Wildman–Crippen MR) is 47.8 cm³/mol. The van der Waals surface area contributed by atoms with Crippen LogP contribution in [0.4, 0.5) is 17.3 Å². The van der Waals surface area contributed by atoms with Crippen LogP contribution in [0.15, 0.2) is 16.6 Å².